The average molecular weight is 571 g/mol. The molecule has 0 radical (unpaired) electrons. The summed E-state index contributed by atoms with van der Waals surface area (Å²) < 4.78 is 0. The quantitative estimate of drug-likeness (QED) is 0.393. The molecule has 1 aromatic carbocycles. The Hall–Kier alpha value is -1.86. The molecule has 5 aliphatic carbocycles. The first-order chi connectivity index (χ1) is 20.0. The molecule has 4 nitrogen and oxygen atoms in total. The lowest BCUT2D eigenvalue weighted by atomic mass is 9.36. The van der Waals surface area contributed by atoms with Crippen LogP contribution in [0.4, 0.5) is 0 Å². The van der Waals surface area contributed by atoms with Crippen LogP contribution < -0.4 is 0 Å². The molecule has 0 spiro atoms. The van der Waals surface area contributed by atoms with Crippen LogP contribution in [-0.4, -0.2) is 35.1 Å². The lowest BCUT2D eigenvalue weighted by Gasteiger charge is -2.69. The minimum atomic E-state index is -0.464. The highest BCUT2D eigenvalue weighted by molar-refractivity contribution is 5.84. The van der Waals surface area contributed by atoms with E-state index in [-0.39, 0.29) is 16.9 Å². The number of piperidine rings is 1. The number of hydrogen-bond donors (Lipinski definition) is 1. The molecule has 1 amide bonds. The Labute approximate surface area is 254 Å². The zero-order valence-corrected chi connectivity index (χ0v) is 26.7. The van der Waals surface area contributed by atoms with Crippen LogP contribution in [0.1, 0.15) is 117 Å². The maximum absolute atomic E-state index is 14.6. The summed E-state index contributed by atoms with van der Waals surface area (Å²) in [4.78, 5) is 16.8. The first-order valence-electron chi connectivity index (χ1n) is 17.5. The normalized spacial score (nSPS) is 45.5. The summed E-state index contributed by atoms with van der Waals surface area (Å²) in [5.74, 6) is 3.73. The van der Waals surface area contributed by atoms with E-state index >= 15 is 0 Å². The third-order valence-corrected chi connectivity index (χ3v) is 15.4. The van der Waals surface area contributed by atoms with Crippen molar-refractivity contribution in [3.8, 4) is 6.07 Å². The molecule has 1 aromatic rings. The first-order valence-corrected chi connectivity index (χ1v) is 17.5. The van der Waals surface area contributed by atoms with Crippen LogP contribution >= 0.6 is 0 Å². The second-order valence-electron chi connectivity index (χ2n) is 16.9. The lowest BCUT2D eigenvalue weighted by Crippen LogP contribution is -2.64. The third-order valence-electron chi connectivity index (χ3n) is 15.4. The summed E-state index contributed by atoms with van der Waals surface area (Å²) in [5.41, 5.74) is 1.16. The van der Waals surface area contributed by atoms with Crippen LogP contribution in [0.5, 0.6) is 0 Å². The van der Waals surface area contributed by atoms with Gasteiger partial charge in [0, 0.05) is 13.1 Å². The molecule has 6 aliphatic rings. The minimum Gasteiger partial charge on any atom is -0.393 e. The molecule has 9 atom stereocenters. The van der Waals surface area contributed by atoms with Crippen molar-refractivity contribution in [2.45, 2.75) is 123 Å². The molecule has 1 N–H and O–H groups in total. The Morgan fingerprint density at radius 1 is 0.810 bits per heavy atom. The number of aliphatic hydroxyl groups excluding tert-OH is 1. The zero-order valence-electron chi connectivity index (χ0n) is 26.7. The standard InChI is InChI=1S/C38H54N2O2/c1-34(2)30-15-18-35(3)28-14-20-38(33(42)40-23-21-37(25-39,22-24-40)26-9-6-5-7-10-26)17-8-11-29(38)27(28)12-13-31(35)36(30,4)19-16-32(34)41/h5-7,9-10,27-32,41H,8,11-24H2,1-4H3. The van der Waals surface area contributed by atoms with E-state index in [2.05, 4.69) is 50.8 Å². The van der Waals surface area contributed by atoms with Crippen LogP contribution in [0.15, 0.2) is 30.3 Å². The van der Waals surface area contributed by atoms with Gasteiger partial charge in [-0.1, -0.05) is 64.4 Å². The van der Waals surface area contributed by atoms with Crippen molar-refractivity contribution in [1.82, 2.24) is 4.90 Å². The maximum atomic E-state index is 14.6. The fraction of sp³-hybridized carbons (Fsp3) is 0.789. The highest BCUT2D eigenvalue weighted by Gasteiger charge is 2.67. The zero-order chi connectivity index (χ0) is 29.5. The minimum absolute atomic E-state index is 0.00283. The number of nitriles is 1. The molecule has 7 rings (SSSR count). The van der Waals surface area contributed by atoms with Gasteiger partial charge in [-0.2, -0.15) is 5.26 Å². The van der Waals surface area contributed by atoms with Crippen molar-refractivity contribution in [1.29, 1.82) is 5.26 Å². The highest BCUT2D eigenvalue weighted by Crippen LogP contribution is 2.73. The van der Waals surface area contributed by atoms with Crippen LogP contribution in [0, 0.1) is 62.6 Å². The molecule has 228 valence electrons. The van der Waals surface area contributed by atoms with E-state index in [4.69, 9.17) is 0 Å². The number of rotatable bonds is 2. The number of likely N-dealkylation sites (tertiary alicyclic amines) is 1. The molecule has 42 heavy (non-hydrogen) atoms. The molecule has 6 fully saturated rings. The van der Waals surface area contributed by atoms with Gasteiger partial charge >= 0.3 is 0 Å². The van der Waals surface area contributed by atoms with Gasteiger partial charge in [0.2, 0.25) is 5.91 Å². The Balaban J connectivity index is 1.11. The molecule has 1 saturated heterocycles. The molecule has 0 aromatic heterocycles. The SMILES string of the molecule is CC1(C)C(O)CCC2(C)C1CCC1(C)C3CCC4(C(=O)N5CCC(C#N)(c6ccccc6)CC5)CCCC4C3CCC12. The number of nitrogens with zero attached hydrogens (tertiary/aromatic N) is 2. The van der Waals surface area contributed by atoms with Gasteiger partial charge in [0.05, 0.1) is 23.0 Å². The van der Waals surface area contributed by atoms with E-state index in [1.165, 1.54) is 51.4 Å². The Morgan fingerprint density at radius 2 is 1.52 bits per heavy atom. The summed E-state index contributed by atoms with van der Waals surface area (Å²) in [7, 11) is 0. The van der Waals surface area contributed by atoms with Crippen molar-refractivity contribution in [3.05, 3.63) is 35.9 Å². The average Bonchev–Trinajstić information content (AvgIpc) is 3.45. The smallest absolute Gasteiger partial charge is 0.229 e. The van der Waals surface area contributed by atoms with Gasteiger partial charge in [-0.15, -0.1) is 0 Å². The second kappa shape index (κ2) is 9.82. The Bertz CT molecular complexity index is 1240. The van der Waals surface area contributed by atoms with Crippen molar-refractivity contribution in [2.24, 2.45) is 51.2 Å². The Kier molecular flexibility index (Phi) is 6.75. The van der Waals surface area contributed by atoms with Crippen LogP contribution in [-0.2, 0) is 10.2 Å². The number of benzene rings is 1. The van der Waals surface area contributed by atoms with Crippen molar-refractivity contribution in [3.63, 3.8) is 0 Å². The van der Waals surface area contributed by atoms with E-state index in [0.717, 1.165) is 49.5 Å². The van der Waals surface area contributed by atoms with E-state index < -0.39 is 5.41 Å². The van der Waals surface area contributed by atoms with Crippen LogP contribution in [0.25, 0.3) is 0 Å². The van der Waals surface area contributed by atoms with Crippen molar-refractivity contribution >= 4 is 5.91 Å². The van der Waals surface area contributed by atoms with Gasteiger partial charge in [-0.25, -0.2) is 0 Å². The molecule has 4 heteroatoms. The number of amides is 1. The summed E-state index contributed by atoms with van der Waals surface area (Å²) >= 11 is 0. The maximum Gasteiger partial charge on any atom is 0.229 e. The van der Waals surface area contributed by atoms with E-state index in [9.17, 15) is 15.2 Å². The van der Waals surface area contributed by atoms with Gasteiger partial charge in [-0.05, 0) is 128 Å². The Morgan fingerprint density at radius 3 is 2.24 bits per heavy atom. The van der Waals surface area contributed by atoms with Crippen molar-refractivity contribution in [2.75, 3.05) is 13.1 Å². The first kappa shape index (κ1) is 28.9. The number of carbonyl (C=O) groups is 1. The molecule has 5 saturated carbocycles. The number of aliphatic hydroxyl groups is 1. The van der Waals surface area contributed by atoms with E-state index in [1.807, 2.05) is 18.2 Å². The third kappa shape index (κ3) is 3.83. The van der Waals surface area contributed by atoms with Gasteiger partial charge < -0.3 is 10.0 Å². The monoisotopic (exact) mass is 570 g/mol. The number of hydrogen-bond acceptors (Lipinski definition) is 3. The summed E-state index contributed by atoms with van der Waals surface area (Å²) in [6.07, 6.45) is 14.4. The van der Waals surface area contributed by atoms with Gasteiger partial charge in [-0.3, -0.25) is 4.79 Å². The van der Waals surface area contributed by atoms with Gasteiger partial charge in [0.25, 0.3) is 0 Å². The fourth-order valence-electron chi connectivity index (χ4n) is 13.2. The largest absolute Gasteiger partial charge is 0.393 e. The molecular weight excluding hydrogens is 516 g/mol. The number of fused-ring (bicyclic) bond motifs is 7. The molecule has 1 heterocycles. The van der Waals surface area contributed by atoms with Crippen LogP contribution in [0.3, 0.4) is 0 Å². The fourth-order valence-corrected chi connectivity index (χ4v) is 13.2. The summed E-state index contributed by atoms with van der Waals surface area (Å²) in [6.45, 7) is 11.4. The summed E-state index contributed by atoms with van der Waals surface area (Å²) in [5, 5.41) is 21.2. The van der Waals surface area contributed by atoms with Crippen LogP contribution in [0.2, 0.25) is 0 Å². The second-order valence-corrected chi connectivity index (χ2v) is 16.9. The topological polar surface area (TPSA) is 64.3 Å². The molecule has 0 bridgehead atoms. The van der Waals surface area contributed by atoms with E-state index in [0.29, 0.717) is 47.6 Å². The lowest BCUT2D eigenvalue weighted by molar-refractivity contribution is -0.215. The molecular formula is C38H54N2O2. The number of carbonyl (C=O) groups excluding carboxylic acids is 1. The predicted octanol–water partition coefficient (Wildman–Crippen LogP) is 7.90. The van der Waals surface area contributed by atoms with Crippen molar-refractivity contribution < 1.29 is 9.90 Å². The molecule has 1 aliphatic heterocycles. The van der Waals surface area contributed by atoms with Gasteiger partial charge in [0.1, 0.15) is 0 Å². The highest BCUT2D eigenvalue weighted by atomic mass is 16.3. The van der Waals surface area contributed by atoms with Gasteiger partial charge in [0.15, 0.2) is 0 Å². The molecule has 9 unspecified atom stereocenters. The predicted molar refractivity (Wildman–Crippen MR) is 166 cm³/mol. The van der Waals surface area contributed by atoms with E-state index in [1.54, 1.807) is 0 Å². The summed E-state index contributed by atoms with van der Waals surface area (Å²) in [6, 6.07) is 12.9.